The first-order valence-corrected chi connectivity index (χ1v) is 12.7. The molecule has 8 heteroatoms. The van der Waals surface area contributed by atoms with E-state index in [9.17, 15) is 23.6 Å². The standard InChI is InChI=1S/C30H30FN3O4/c31-25-14-8-20(9-15-25)17-27(30(38)33-26(19-35)18-24-7-4-16-32-28(24)36)34-29(37)23-12-10-22(11-13-23)21-5-2-1-3-6-21/h1-3,5-6,8-15,19,24,26-27H,4,7,16-18H2,(H,32,36)(H,33,38)(H,34,37). The van der Waals surface area contributed by atoms with E-state index in [1.54, 1.807) is 24.3 Å². The fraction of sp³-hybridized carbons (Fsp3) is 0.267. The molecule has 3 unspecified atom stereocenters. The van der Waals surface area contributed by atoms with Gasteiger partial charge in [-0.1, -0.05) is 54.6 Å². The topological polar surface area (TPSA) is 104 Å². The number of benzene rings is 3. The summed E-state index contributed by atoms with van der Waals surface area (Å²) in [5.41, 5.74) is 2.97. The van der Waals surface area contributed by atoms with Crippen molar-refractivity contribution in [2.24, 2.45) is 5.92 Å². The molecule has 0 bridgehead atoms. The SMILES string of the molecule is O=CC(CC1CCCNC1=O)NC(=O)C(Cc1ccc(F)cc1)NC(=O)c1ccc(-c2ccccc2)cc1. The van der Waals surface area contributed by atoms with Gasteiger partial charge in [-0.25, -0.2) is 4.39 Å². The molecule has 1 saturated heterocycles. The van der Waals surface area contributed by atoms with Crippen LogP contribution >= 0.6 is 0 Å². The van der Waals surface area contributed by atoms with Gasteiger partial charge in [0.25, 0.3) is 5.91 Å². The van der Waals surface area contributed by atoms with Crippen molar-refractivity contribution in [1.82, 2.24) is 16.0 Å². The monoisotopic (exact) mass is 515 g/mol. The fourth-order valence-electron chi connectivity index (χ4n) is 4.55. The lowest BCUT2D eigenvalue weighted by atomic mass is 9.92. The summed E-state index contributed by atoms with van der Waals surface area (Å²) in [7, 11) is 0. The summed E-state index contributed by atoms with van der Waals surface area (Å²) in [6, 6.07) is 20.5. The van der Waals surface area contributed by atoms with Crippen molar-refractivity contribution in [1.29, 1.82) is 0 Å². The minimum absolute atomic E-state index is 0.0927. The predicted molar refractivity (Wildman–Crippen MR) is 142 cm³/mol. The summed E-state index contributed by atoms with van der Waals surface area (Å²) in [4.78, 5) is 50.2. The molecule has 0 radical (unpaired) electrons. The molecule has 3 aromatic carbocycles. The predicted octanol–water partition coefficient (Wildman–Crippen LogP) is 3.43. The Hall–Kier alpha value is -4.33. The molecular weight excluding hydrogens is 485 g/mol. The number of rotatable bonds is 10. The van der Waals surface area contributed by atoms with Gasteiger partial charge in [-0.15, -0.1) is 0 Å². The minimum atomic E-state index is -1.02. The average Bonchev–Trinajstić information content (AvgIpc) is 2.95. The smallest absolute Gasteiger partial charge is 0.251 e. The van der Waals surface area contributed by atoms with Gasteiger partial charge in [0.05, 0.1) is 6.04 Å². The zero-order valence-corrected chi connectivity index (χ0v) is 20.9. The van der Waals surface area contributed by atoms with Gasteiger partial charge in [0.15, 0.2) is 0 Å². The Balaban J connectivity index is 1.47. The molecule has 38 heavy (non-hydrogen) atoms. The van der Waals surface area contributed by atoms with Gasteiger partial charge < -0.3 is 20.7 Å². The van der Waals surface area contributed by atoms with Crippen LogP contribution in [0.2, 0.25) is 0 Å². The summed E-state index contributed by atoms with van der Waals surface area (Å²) >= 11 is 0. The lowest BCUT2D eigenvalue weighted by Gasteiger charge is -2.26. The Bertz CT molecular complexity index is 1260. The third-order valence-electron chi connectivity index (χ3n) is 6.66. The van der Waals surface area contributed by atoms with E-state index < -0.39 is 29.7 Å². The van der Waals surface area contributed by atoms with Gasteiger partial charge >= 0.3 is 0 Å². The van der Waals surface area contributed by atoms with Crippen molar-refractivity contribution >= 4 is 24.0 Å². The van der Waals surface area contributed by atoms with Crippen LogP contribution in [0.25, 0.3) is 11.1 Å². The van der Waals surface area contributed by atoms with E-state index in [-0.39, 0.29) is 24.7 Å². The van der Waals surface area contributed by atoms with Crippen LogP contribution < -0.4 is 16.0 Å². The highest BCUT2D eigenvalue weighted by molar-refractivity contribution is 5.98. The number of nitrogens with one attached hydrogen (secondary N) is 3. The van der Waals surface area contributed by atoms with E-state index in [1.165, 1.54) is 12.1 Å². The quantitative estimate of drug-likeness (QED) is 0.360. The zero-order valence-electron chi connectivity index (χ0n) is 20.9. The van der Waals surface area contributed by atoms with Crippen LogP contribution in [0.4, 0.5) is 4.39 Å². The van der Waals surface area contributed by atoms with E-state index in [0.29, 0.717) is 30.4 Å². The molecular formula is C30H30FN3O4. The second-order valence-electron chi connectivity index (χ2n) is 9.42. The van der Waals surface area contributed by atoms with Crippen LogP contribution in [0.1, 0.15) is 35.2 Å². The van der Waals surface area contributed by atoms with Gasteiger partial charge in [-0.2, -0.15) is 0 Å². The molecule has 0 aliphatic carbocycles. The van der Waals surface area contributed by atoms with Crippen molar-refractivity contribution in [3.05, 3.63) is 95.8 Å². The third-order valence-corrected chi connectivity index (χ3v) is 6.66. The molecule has 3 aromatic rings. The Morgan fingerprint density at radius 2 is 1.63 bits per heavy atom. The van der Waals surface area contributed by atoms with E-state index in [4.69, 9.17) is 0 Å². The van der Waals surface area contributed by atoms with Gasteiger partial charge in [0.2, 0.25) is 11.8 Å². The molecule has 1 aliphatic heterocycles. The van der Waals surface area contributed by atoms with Crippen LogP contribution in [0.15, 0.2) is 78.9 Å². The van der Waals surface area contributed by atoms with Crippen molar-refractivity contribution in [2.75, 3.05) is 6.54 Å². The minimum Gasteiger partial charge on any atom is -0.356 e. The van der Waals surface area contributed by atoms with Crippen molar-refractivity contribution in [2.45, 2.75) is 37.8 Å². The molecule has 1 fully saturated rings. The van der Waals surface area contributed by atoms with Crippen molar-refractivity contribution in [3.8, 4) is 11.1 Å². The summed E-state index contributed by atoms with van der Waals surface area (Å²) < 4.78 is 13.4. The fourth-order valence-corrected chi connectivity index (χ4v) is 4.55. The maximum atomic E-state index is 13.4. The molecule has 0 saturated carbocycles. The van der Waals surface area contributed by atoms with E-state index in [2.05, 4.69) is 16.0 Å². The normalized spacial score (nSPS) is 16.6. The van der Waals surface area contributed by atoms with Crippen molar-refractivity contribution < 1.29 is 23.6 Å². The molecule has 3 amide bonds. The Labute approximate surface area is 220 Å². The number of aldehydes is 1. The molecule has 4 rings (SSSR count). The molecule has 1 aliphatic rings. The van der Waals surface area contributed by atoms with Gasteiger partial charge in [-0.05, 0) is 60.2 Å². The molecule has 0 aromatic heterocycles. The lowest BCUT2D eigenvalue weighted by Crippen LogP contribution is -2.52. The largest absolute Gasteiger partial charge is 0.356 e. The molecule has 3 atom stereocenters. The summed E-state index contributed by atoms with van der Waals surface area (Å²) in [5.74, 6) is -1.93. The summed E-state index contributed by atoms with van der Waals surface area (Å²) in [6.45, 7) is 0.603. The highest BCUT2D eigenvalue weighted by Crippen LogP contribution is 2.20. The highest BCUT2D eigenvalue weighted by atomic mass is 19.1. The molecule has 3 N–H and O–H groups in total. The van der Waals surface area contributed by atoms with Crippen molar-refractivity contribution in [3.63, 3.8) is 0 Å². The van der Waals surface area contributed by atoms with Gasteiger partial charge in [0, 0.05) is 24.4 Å². The van der Waals surface area contributed by atoms with Crippen LogP contribution in [0.5, 0.6) is 0 Å². The third kappa shape index (κ3) is 7.12. The number of piperidine rings is 1. The maximum Gasteiger partial charge on any atom is 0.251 e. The Morgan fingerprint density at radius 1 is 0.947 bits per heavy atom. The number of hydrogen-bond donors (Lipinski definition) is 3. The van der Waals surface area contributed by atoms with Crippen LogP contribution in [-0.2, 0) is 20.8 Å². The highest BCUT2D eigenvalue weighted by Gasteiger charge is 2.29. The summed E-state index contributed by atoms with van der Waals surface area (Å²) in [6.07, 6.45) is 2.33. The molecule has 196 valence electrons. The van der Waals surface area contributed by atoms with Gasteiger partial charge in [0.1, 0.15) is 18.1 Å². The Morgan fingerprint density at radius 3 is 2.29 bits per heavy atom. The van der Waals surface area contributed by atoms with E-state index in [0.717, 1.165) is 17.5 Å². The second-order valence-corrected chi connectivity index (χ2v) is 9.42. The van der Waals surface area contributed by atoms with Crippen LogP contribution in [-0.4, -0.2) is 42.6 Å². The molecule has 1 heterocycles. The first-order valence-electron chi connectivity index (χ1n) is 12.7. The number of amides is 3. The number of carbonyl (C=O) groups excluding carboxylic acids is 4. The van der Waals surface area contributed by atoms with E-state index >= 15 is 0 Å². The summed E-state index contributed by atoms with van der Waals surface area (Å²) in [5, 5.41) is 8.21. The first kappa shape index (κ1) is 26.7. The second kappa shape index (κ2) is 12.8. The number of halogens is 1. The lowest BCUT2D eigenvalue weighted by molar-refractivity contribution is -0.129. The van der Waals surface area contributed by atoms with E-state index in [1.807, 2.05) is 42.5 Å². The zero-order chi connectivity index (χ0) is 26.9. The first-order chi connectivity index (χ1) is 18.4. The maximum absolute atomic E-state index is 13.4. The van der Waals surface area contributed by atoms with Gasteiger partial charge in [-0.3, -0.25) is 14.4 Å². The number of carbonyl (C=O) groups is 4. The Kier molecular flexibility index (Phi) is 8.98. The van der Waals surface area contributed by atoms with Crippen LogP contribution in [0.3, 0.4) is 0 Å². The average molecular weight is 516 g/mol. The molecule has 0 spiro atoms. The van der Waals surface area contributed by atoms with Crippen LogP contribution in [0, 0.1) is 11.7 Å². The molecule has 7 nitrogen and oxygen atoms in total. The number of hydrogen-bond acceptors (Lipinski definition) is 4.